The van der Waals surface area contributed by atoms with Crippen molar-refractivity contribution in [3.8, 4) is 0 Å². The summed E-state index contributed by atoms with van der Waals surface area (Å²) in [5.41, 5.74) is 5.58. The van der Waals surface area contributed by atoms with Crippen molar-refractivity contribution in [2.75, 3.05) is 19.0 Å². The Kier molecular flexibility index (Phi) is 2.56. The van der Waals surface area contributed by atoms with Crippen LogP contribution in [0.3, 0.4) is 0 Å². The molecule has 0 spiro atoms. The van der Waals surface area contributed by atoms with Gasteiger partial charge in [-0.1, -0.05) is 6.92 Å². The maximum atomic E-state index is 6.00. The molecule has 1 rings (SSSR count). The van der Waals surface area contributed by atoms with Gasteiger partial charge in [0.15, 0.2) is 0 Å². The lowest BCUT2D eigenvalue weighted by molar-refractivity contribution is 0.447. The summed E-state index contributed by atoms with van der Waals surface area (Å²) in [7, 11) is 3.79. The van der Waals surface area contributed by atoms with Crippen molar-refractivity contribution < 1.29 is 0 Å². The lowest BCUT2D eigenvalue weighted by Gasteiger charge is -2.18. The van der Waals surface area contributed by atoms with E-state index in [2.05, 4.69) is 15.2 Å². The number of aromatic nitrogens is 3. The predicted molar refractivity (Wildman–Crippen MR) is 52.5 cm³/mol. The van der Waals surface area contributed by atoms with Crippen molar-refractivity contribution in [2.45, 2.75) is 25.8 Å². The van der Waals surface area contributed by atoms with E-state index in [9.17, 15) is 0 Å². The topological polar surface area (TPSA) is 70.8 Å². The summed E-state index contributed by atoms with van der Waals surface area (Å²) in [5, 5.41) is 6.89. The minimum absolute atomic E-state index is 0.415. The van der Waals surface area contributed by atoms with Crippen molar-refractivity contribution in [3.05, 3.63) is 5.82 Å². The van der Waals surface area contributed by atoms with Crippen LogP contribution in [0.15, 0.2) is 0 Å². The molecule has 0 aliphatic rings. The molecule has 1 atom stereocenters. The van der Waals surface area contributed by atoms with Gasteiger partial charge in [0.05, 0.1) is 5.54 Å². The molecule has 74 valence electrons. The van der Waals surface area contributed by atoms with Crippen molar-refractivity contribution >= 4 is 5.95 Å². The number of H-pyrrole nitrogens is 1. The molecule has 0 saturated carbocycles. The molecule has 0 aromatic carbocycles. The fourth-order valence-corrected chi connectivity index (χ4v) is 0.876. The molecule has 1 unspecified atom stereocenters. The van der Waals surface area contributed by atoms with Crippen LogP contribution in [0.25, 0.3) is 0 Å². The average Bonchev–Trinajstić information content (AvgIpc) is 2.52. The van der Waals surface area contributed by atoms with Crippen LogP contribution in [0.5, 0.6) is 0 Å². The normalized spacial score (nSPS) is 15.5. The highest BCUT2D eigenvalue weighted by molar-refractivity contribution is 5.26. The van der Waals surface area contributed by atoms with Crippen LogP contribution in [-0.2, 0) is 5.54 Å². The SMILES string of the molecule is CCC(C)(N)c1nc(N(C)C)n[nH]1. The maximum absolute atomic E-state index is 6.00. The summed E-state index contributed by atoms with van der Waals surface area (Å²) in [5.74, 6) is 1.40. The predicted octanol–water partition coefficient (Wildman–Crippen LogP) is 0.455. The van der Waals surface area contributed by atoms with E-state index in [-0.39, 0.29) is 0 Å². The molecule has 0 bridgehead atoms. The van der Waals surface area contributed by atoms with Gasteiger partial charge in [0, 0.05) is 14.1 Å². The van der Waals surface area contributed by atoms with Crippen LogP contribution in [0, 0.1) is 0 Å². The van der Waals surface area contributed by atoms with Crippen LogP contribution in [0.4, 0.5) is 5.95 Å². The summed E-state index contributed by atoms with van der Waals surface area (Å²) in [6, 6.07) is 0. The second kappa shape index (κ2) is 3.33. The molecule has 5 nitrogen and oxygen atoms in total. The van der Waals surface area contributed by atoms with Gasteiger partial charge in [0.25, 0.3) is 0 Å². The van der Waals surface area contributed by atoms with Crippen LogP contribution in [-0.4, -0.2) is 29.3 Å². The zero-order valence-electron chi connectivity index (χ0n) is 8.63. The van der Waals surface area contributed by atoms with Gasteiger partial charge in [-0.3, -0.25) is 5.10 Å². The van der Waals surface area contributed by atoms with E-state index >= 15 is 0 Å². The molecule has 0 radical (unpaired) electrons. The number of nitrogens with zero attached hydrogens (tertiary/aromatic N) is 3. The molecular weight excluding hydrogens is 166 g/mol. The van der Waals surface area contributed by atoms with Gasteiger partial charge in [-0.2, -0.15) is 4.98 Å². The molecule has 0 aliphatic heterocycles. The van der Waals surface area contributed by atoms with Gasteiger partial charge in [-0.15, -0.1) is 5.10 Å². The van der Waals surface area contributed by atoms with E-state index < -0.39 is 5.54 Å². The Bertz CT molecular complexity index is 276. The Morgan fingerprint density at radius 2 is 2.15 bits per heavy atom. The first-order chi connectivity index (χ1) is 5.97. The van der Waals surface area contributed by atoms with E-state index in [0.717, 1.165) is 12.2 Å². The highest BCUT2D eigenvalue weighted by Gasteiger charge is 2.23. The van der Waals surface area contributed by atoms with Crippen molar-refractivity contribution in [2.24, 2.45) is 5.73 Å². The zero-order chi connectivity index (χ0) is 10.1. The Labute approximate surface area is 78.3 Å². The Hall–Kier alpha value is -1.10. The maximum Gasteiger partial charge on any atom is 0.244 e. The van der Waals surface area contributed by atoms with Gasteiger partial charge in [0.2, 0.25) is 5.95 Å². The first-order valence-corrected chi connectivity index (χ1v) is 4.36. The molecule has 1 aromatic rings. The Morgan fingerprint density at radius 1 is 1.54 bits per heavy atom. The molecule has 3 N–H and O–H groups in total. The van der Waals surface area contributed by atoms with Gasteiger partial charge in [0.1, 0.15) is 5.82 Å². The Balaban J connectivity index is 2.91. The van der Waals surface area contributed by atoms with Crippen LogP contribution in [0.2, 0.25) is 0 Å². The highest BCUT2D eigenvalue weighted by atomic mass is 15.3. The van der Waals surface area contributed by atoms with Crippen LogP contribution < -0.4 is 10.6 Å². The van der Waals surface area contributed by atoms with Gasteiger partial charge >= 0.3 is 0 Å². The fraction of sp³-hybridized carbons (Fsp3) is 0.750. The van der Waals surface area contributed by atoms with Crippen molar-refractivity contribution in [3.63, 3.8) is 0 Å². The molecule has 0 amide bonds. The quantitative estimate of drug-likeness (QED) is 0.714. The smallest absolute Gasteiger partial charge is 0.244 e. The standard InChI is InChI=1S/C8H17N5/c1-5-8(2,9)6-10-7(12-11-6)13(3)4/h5,9H2,1-4H3,(H,10,11,12). The van der Waals surface area contributed by atoms with E-state index in [1.165, 1.54) is 0 Å². The van der Waals surface area contributed by atoms with Gasteiger partial charge in [-0.25, -0.2) is 0 Å². The monoisotopic (exact) mass is 183 g/mol. The number of anilines is 1. The number of rotatable bonds is 3. The summed E-state index contributed by atoms with van der Waals surface area (Å²) in [6.07, 6.45) is 0.828. The Morgan fingerprint density at radius 3 is 2.54 bits per heavy atom. The third-order valence-corrected chi connectivity index (χ3v) is 2.15. The first-order valence-electron chi connectivity index (χ1n) is 4.36. The minimum atomic E-state index is -0.415. The molecule has 0 fully saturated rings. The summed E-state index contributed by atoms with van der Waals surface area (Å²) in [4.78, 5) is 6.13. The van der Waals surface area contributed by atoms with E-state index in [1.54, 1.807) is 0 Å². The number of aromatic amines is 1. The lowest BCUT2D eigenvalue weighted by Crippen LogP contribution is -2.33. The summed E-state index contributed by atoms with van der Waals surface area (Å²) in [6.45, 7) is 3.96. The number of nitrogens with one attached hydrogen (secondary N) is 1. The molecule has 0 aliphatic carbocycles. The van der Waals surface area contributed by atoms with E-state index in [0.29, 0.717) is 5.95 Å². The molecule has 0 saturated heterocycles. The first kappa shape index (κ1) is 9.98. The highest BCUT2D eigenvalue weighted by Crippen LogP contribution is 2.18. The van der Waals surface area contributed by atoms with E-state index in [1.807, 2.05) is 32.8 Å². The largest absolute Gasteiger partial charge is 0.346 e. The second-order valence-electron chi connectivity index (χ2n) is 3.65. The fourth-order valence-electron chi connectivity index (χ4n) is 0.876. The van der Waals surface area contributed by atoms with Crippen LogP contribution in [0.1, 0.15) is 26.1 Å². The third-order valence-electron chi connectivity index (χ3n) is 2.15. The summed E-state index contributed by atoms with van der Waals surface area (Å²) < 4.78 is 0. The molecular formula is C8H17N5. The second-order valence-corrected chi connectivity index (χ2v) is 3.65. The zero-order valence-corrected chi connectivity index (χ0v) is 8.63. The van der Waals surface area contributed by atoms with Crippen molar-refractivity contribution in [1.82, 2.24) is 15.2 Å². The third kappa shape index (κ3) is 1.98. The van der Waals surface area contributed by atoms with Crippen molar-refractivity contribution in [1.29, 1.82) is 0 Å². The average molecular weight is 183 g/mol. The summed E-state index contributed by atoms with van der Waals surface area (Å²) >= 11 is 0. The van der Waals surface area contributed by atoms with E-state index in [4.69, 9.17) is 5.73 Å². The molecule has 1 heterocycles. The lowest BCUT2D eigenvalue weighted by atomic mass is 10.0. The molecule has 13 heavy (non-hydrogen) atoms. The molecule has 1 aromatic heterocycles. The number of hydrogen-bond donors (Lipinski definition) is 2. The molecule has 5 heteroatoms. The van der Waals surface area contributed by atoms with Gasteiger partial charge in [-0.05, 0) is 13.3 Å². The van der Waals surface area contributed by atoms with Crippen LogP contribution >= 0.6 is 0 Å². The number of nitrogens with two attached hydrogens (primary N) is 1. The van der Waals surface area contributed by atoms with Gasteiger partial charge < -0.3 is 10.6 Å². The minimum Gasteiger partial charge on any atom is -0.346 e. The number of hydrogen-bond acceptors (Lipinski definition) is 4.